The summed E-state index contributed by atoms with van der Waals surface area (Å²) in [5, 5.41) is 1.55. The van der Waals surface area contributed by atoms with E-state index in [1.807, 2.05) is 0 Å². The Morgan fingerprint density at radius 1 is 1.11 bits per heavy atom. The molecule has 1 rings (SSSR count). The number of carbonyl (C=O) groups is 1. The van der Waals surface area contributed by atoms with Gasteiger partial charge in [-0.1, -0.05) is 0 Å². The zero-order chi connectivity index (χ0) is 15.0. The highest BCUT2D eigenvalue weighted by molar-refractivity contribution is 9.11. The van der Waals surface area contributed by atoms with Crippen molar-refractivity contribution in [3.63, 3.8) is 0 Å². The maximum Gasteiger partial charge on any atom is 0.463 e. The highest BCUT2D eigenvalue weighted by Crippen LogP contribution is 2.38. The molecule has 0 unspecified atom stereocenters. The lowest BCUT2D eigenvalue weighted by atomic mass is 10.2. The zero-order valence-corrected chi connectivity index (χ0v) is 12.4. The van der Waals surface area contributed by atoms with E-state index in [2.05, 4.69) is 31.9 Å². The number of nitrogens with one attached hydrogen (secondary N) is 1. The van der Waals surface area contributed by atoms with Gasteiger partial charge in [-0.2, -0.15) is 22.0 Å². The van der Waals surface area contributed by atoms with Gasteiger partial charge in [0.15, 0.2) is 0 Å². The largest absolute Gasteiger partial charge is 0.463 e. The third kappa shape index (κ3) is 3.44. The van der Waals surface area contributed by atoms with Gasteiger partial charge in [-0.05, 0) is 56.5 Å². The van der Waals surface area contributed by atoms with Crippen LogP contribution in [0.15, 0.2) is 21.1 Å². The third-order valence-electron chi connectivity index (χ3n) is 2.07. The summed E-state index contributed by atoms with van der Waals surface area (Å²) < 4.78 is 62.0. The van der Waals surface area contributed by atoms with E-state index in [0.29, 0.717) is 0 Å². The van der Waals surface area contributed by atoms with Gasteiger partial charge in [0.05, 0.1) is 5.69 Å². The van der Waals surface area contributed by atoms with Crippen molar-refractivity contribution < 1.29 is 26.7 Å². The van der Waals surface area contributed by atoms with Crippen LogP contribution in [0, 0.1) is 6.92 Å². The van der Waals surface area contributed by atoms with Gasteiger partial charge in [0, 0.05) is 8.95 Å². The lowest BCUT2D eigenvalue weighted by Gasteiger charge is -2.19. The number of amides is 1. The van der Waals surface area contributed by atoms with Gasteiger partial charge in [0.25, 0.3) is 0 Å². The number of anilines is 1. The Bertz CT molecular complexity index is 492. The fraction of sp³-hybridized carbons (Fsp3) is 0.300. The van der Waals surface area contributed by atoms with Crippen LogP contribution >= 0.6 is 31.9 Å². The zero-order valence-electron chi connectivity index (χ0n) is 9.21. The fourth-order valence-corrected chi connectivity index (χ4v) is 2.75. The summed E-state index contributed by atoms with van der Waals surface area (Å²) in [7, 11) is 0. The van der Waals surface area contributed by atoms with E-state index in [-0.39, 0.29) is 14.6 Å². The lowest BCUT2D eigenvalue weighted by Crippen LogP contribution is -2.47. The molecule has 1 amide bonds. The minimum Gasteiger partial charge on any atom is -0.319 e. The minimum absolute atomic E-state index is 0.186. The van der Waals surface area contributed by atoms with Crippen LogP contribution in [0.2, 0.25) is 0 Å². The average molecular weight is 411 g/mol. The molecule has 1 aromatic rings. The maximum atomic E-state index is 12.8. The van der Waals surface area contributed by atoms with Crippen molar-refractivity contribution in [2.45, 2.75) is 19.0 Å². The summed E-state index contributed by atoms with van der Waals surface area (Å²) in [6.07, 6.45) is -5.94. The van der Waals surface area contributed by atoms with Crippen molar-refractivity contribution in [2.75, 3.05) is 5.32 Å². The van der Waals surface area contributed by atoms with E-state index < -0.39 is 18.0 Å². The fourth-order valence-electron chi connectivity index (χ4n) is 1.14. The van der Waals surface area contributed by atoms with E-state index in [0.717, 1.165) is 5.56 Å². The summed E-state index contributed by atoms with van der Waals surface area (Å²) >= 11 is 5.95. The number of benzene rings is 1. The second-order valence-electron chi connectivity index (χ2n) is 3.63. The van der Waals surface area contributed by atoms with Crippen LogP contribution in [0.3, 0.4) is 0 Å². The SMILES string of the molecule is Cc1cc(Br)c(NC(=O)C(F)(F)C(F)(F)F)c(Br)c1. The van der Waals surface area contributed by atoms with Crippen molar-refractivity contribution >= 4 is 43.5 Å². The molecular formula is C10H6Br2F5NO. The highest BCUT2D eigenvalue weighted by Gasteiger charge is 2.63. The molecule has 9 heteroatoms. The van der Waals surface area contributed by atoms with E-state index >= 15 is 0 Å². The monoisotopic (exact) mass is 409 g/mol. The standard InChI is InChI=1S/C10H6Br2F5NO/c1-4-2-5(11)7(6(12)3-4)18-8(19)9(13,14)10(15,16)17/h2-3H,1H3,(H,18,19). The second kappa shape index (κ2) is 5.35. The van der Waals surface area contributed by atoms with Crippen molar-refractivity contribution in [3.8, 4) is 0 Å². The molecule has 0 spiro atoms. The van der Waals surface area contributed by atoms with Crippen LogP contribution in [0.5, 0.6) is 0 Å². The lowest BCUT2D eigenvalue weighted by molar-refractivity contribution is -0.267. The van der Waals surface area contributed by atoms with E-state index in [4.69, 9.17) is 0 Å². The van der Waals surface area contributed by atoms with E-state index in [1.165, 1.54) is 12.1 Å². The molecule has 0 aliphatic carbocycles. The van der Waals surface area contributed by atoms with Gasteiger partial charge in [-0.15, -0.1) is 0 Å². The molecule has 0 bridgehead atoms. The van der Waals surface area contributed by atoms with Crippen LogP contribution in [0.1, 0.15) is 5.56 Å². The van der Waals surface area contributed by atoms with Crippen LogP contribution < -0.4 is 5.32 Å². The molecule has 0 aliphatic rings. The maximum absolute atomic E-state index is 12.8. The summed E-state index contributed by atoms with van der Waals surface area (Å²) in [6, 6.07) is 2.93. The smallest absolute Gasteiger partial charge is 0.319 e. The average Bonchev–Trinajstić information content (AvgIpc) is 2.21. The normalized spacial score (nSPS) is 12.4. The number of hydrogen-bond acceptors (Lipinski definition) is 1. The number of carbonyl (C=O) groups excluding carboxylic acids is 1. The molecule has 0 aromatic heterocycles. The minimum atomic E-state index is -5.94. The molecule has 0 saturated heterocycles. The quantitative estimate of drug-likeness (QED) is 0.706. The number of alkyl halides is 5. The van der Waals surface area contributed by atoms with E-state index in [1.54, 1.807) is 12.2 Å². The Balaban J connectivity index is 3.08. The summed E-state index contributed by atoms with van der Waals surface area (Å²) in [4.78, 5) is 11.0. The van der Waals surface area contributed by atoms with E-state index in [9.17, 15) is 26.7 Å². The Morgan fingerprint density at radius 3 is 1.89 bits per heavy atom. The molecule has 0 saturated carbocycles. The van der Waals surface area contributed by atoms with Crippen LogP contribution in [-0.4, -0.2) is 18.0 Å². The summed E-state index contributed by atoms with van der Waals surface area (Å²) in [6.45, 7) is 1.69. The van der Waals surface area contributed by atoms with Crippen LogP contribution in [-0.2, 0) is 4.79 Å². The van der Waals surface area contributed by atoms with Gasteiger partial charge in [0.2, 0.25) is 0 Å². The number of hydrogen-bond donors (Lipinski definition) is 1. The first-order valence-electron chi connectivity index (χ1n) is 4.68. The first-order chi connectivity index (χ1) is 8.46. The van der Waals surface area contributed by atoms with Crippen LogP contribution in [0.4, 0.5) is 27.6 Å². The second-order valence-corrected chi connectivity index (χ2v) is 5.34. The van der Waals surface area contributed by atoms with Crippen molar-refractivity contribution in [1.29, 1.82) is 0 Å². The molecule has 0 radical (unpaired) electrons. The molecule has 106 valence electrons. The Labute approximate surface area is 121 Å². The highest BCUT2D eigenvalue weighted by atomic mass is 79.9. The third-order valence-corrected chi connectivity index (χ3v) is 3.32. The van der Waals surface area contributed by atoms with Crippen molar-refractivity contribution in [2.24, 2.45) is 0 Å². The van der Waals surface area contributed by atoms with Crippen molar-refractivity contribution in [1.82, 2.24) is 0 Å². The molecule has 0 fully saturated rings. The number of rotatable bonds is 2. The summed E-state index contributed by atoms with van der Waals surface area (Å²) in [5.74, 6) is -7.90. The van der Waals surface area contributed by atoms with Gasteiger partial charge in [-0.3, -0.25) is 4.79 Å². The first kappa shape index (κ1) is 16.4. The van der Waals surface area contributed by atoms with Crippen molar-refractivity contribution in [3.05, 3.63) is 26.6 Å². The molecule has 0 atom stereocenters. The predicted octanol–water partition coefficient (Wildman–Crippen LogP) is 4.66. The van der Waals surface area contributed by atoms with Gasteiger partial charge < -0.3 is 5.32 Å². The topological polar surface area (TPSA) is 29.1 Å². The molecule has 1 aromatic carbocycles. The molecule has 0 heterocycles. The van der Waals surface area contributed by atoms with Crippen LogP contribution in [0.25, 0.3) is 0 Å². The predicted molar refractivity (Wildman–Crippen MR) is 66.2 cm³/mol. The molecule has 1 N–H and O–H groups in total. The Morgan fingerprint density at radius 2 is 1.53 bits per heavy atom. The van der Waals surface area contributed by atoms with Gasteiger partial charge >= 0.3 is 18.0 Å². The van der Waals surface area contributed by atoms with Gasteiger partial charge in [0.1, 0.15) is 0 Å². The number of aryl methyl sites for hydroxylation is 1. The summed E-state index contributed by atoms with van der Waals surface area (Å²) in [5.41, 5.74) is 0.527. The Hall–Kier alpha value is -0.700. The molecule has 19 heavy (non-hydrogen) atoms. The molecular weight excluding hydrogens is 405 g/mol. The number of halogens is 7. The molecule has 0 aliphatic heterocycles. The van der Waals surface area contributed by atoms with Gasteiger partial charge in [-0.25, -0.2) is 0 Å². The molecule has 2 nitrogen and oxygen atoms in total. The first-order valence-corrected chi connectivity index (χ1v) is 6.27. The Kier molecular flexibility index (Phi) is 4.61.